The van der Waals surface area contributed by atoms with E-state index < -0.39 is 6.10 Å². The molecule has 0 amide bonds. The first-order valence-electron chi connectivity index (χ1n) is 4.69. The van der Waals surface area contributed by atoms with Gasteiger partial charge in [0.2, 0.25) is 0 Å². The minimum Gasteiger partial charge on any atom is -0.386 e. The Kier molecular flexibility index (Phi) is 2.99. The lowest BCUT2D eigenvalue weighted by Gasteiger charge is -2.08. The molecule has 0 aromatic carbocycles. The minimum atomic E-state index is -0.610. The van der Waals surface area contributed by atoms with E-state index in [0.717, 1.165) is 5.56 Å². The van der Waals surface area contributed by atoms with E-state index in [9.17, 15) is 5.11 Å². The van der Waals surface area contributed by atoms with Crippen LogP contribution in [0.25, 0.3) is 0 Å². The number of aliphatic hydroxyl groups excluding tert-OH is 1. The standard InChI is InChI=1S/C11H11N3O/c15-11(10-8-13-5-6-14-10)7-9-1-3-12-4-2-9/h1-6,8,11,15H,7H2. The topological polar surface area (TPSA) is 58.9 Å². The second kappa shape index (κ2) is 4.61. The maximum absolute atomic E-state index is 9.85. The number of hydrogen-bond donors (Lipinski definition) is 1. The first-order valence-corrected chi connectivity index (χ1v) is 4.69. The molecular formula is C11H11N3O. The predicted molar refractivity (Wildman–Crippen MR) is 54.9 cm³/mol. The Morgan fingerprint density at radius 1 is 1.07 bits per heavy atom. The van der Waals surface area contributed by atoms with E-state index in [1.165, 1.54) is 0 Å². The summed E-state index contributed by atoms with van der Waals surface area (Å²) in [5.74, 6) is 0. The molecule has 0 bridgehead atoms. The molecule has 15 heavy (non-hydrogen) atoms. The third-order valence-corrected chi connectivity index (χ3v) is 2.10. The summed E-state index contributed by atoms with van der Waals surface area (Å²) >= 11 is 0. The van der Waals surface area contributed by atoms with Crippen LogP contribution in [0.15, 0.2) is 43.1 Å². The molecule has 0 radical (unpaired) electrons. The number of nitrogens with zero attached hydrogens (tertiary/aromatic N) is 3. The average molecular weight is 201 g/mol. The zero-order valence-corrected chi connectivity index (χ0v) is 8.11. The molecule has 2 aromatic rings. The Labute approximate surface area is 87.7 Å². The van der Waals surface area contributed by atoms with Crippen molar-refractivity contribution in [2.45, 2.75) is 12.5 Å². The number of hydrogen-bond acceptors (Lipinski definition) is 4. The van der Waals surface area contributed by atoms with Gasteiger partial charge >= 0.3 is 0 Å². The van der Waals surface area contributed by atoms with Gasteiger partial charge < -0.3 is 5.11 Å². The molecule has 1 atom stereocenters. The number of aliphatic hydroxyl groups is 1. The van der Waals surface area contributed by atoms with Gasteiger partial charge in [-0.1, -0.05) is 0 Å². The quantitative estimate of drug-likeness (QED) is 0.809. The fourth-order valence-electron chi connectivity index (χ4n) is 1.33. The molecule has 2 aromatic heterocycles. The lowest BCUT2D eigenvalue weighted by atomic mass is 10.1. The highest BCUT2D eigenvalue weighted by Gasteiger charge is 2.09. The zero-order valence-electron chi connectivity index (χ0n) is 8.11. The molecule has 4 nitrogen and oxygen atoms in total. The molecular weight excluding hydrogens is 190 g/mol. The van der Waals surface area contributed by atoms with E-state index in [-0.39, 0.29) is 0 Å². The van der Waals surface area contributed by atoms with Crippen LogP contribution in [0.2, 0.25) is 0 Å². The smallest absolute Gasteiger partial charge is 0.102 e. The van der Waals surface area contributed by atoms with Crippen LogP contribution < -0.4 is 0 Å². The molecule has 1 unspecified atom stereocenters. The Hall–Kier alpha value is -1.81. The van der Waals surface area contributed by atoms with Crippen molar-refractivity contribution in [3.05, 3.63) is 54.4 Å². The van der Waals surface area contributed by atoms with Crippen LogP contribution in [-0.4, -0.2) is 20.1 Å². The molecule has 0 spiro atoms. The Morgan fingerprint density at radius 2 is 1.87 bits per heavy atom. The second-order valence-corrected chi connectivity index (χ2v) is 3.21. The van der Waals surface area contributed by atoms with Gasteiger partial charge in [-0.05, 0) is 17.7 Å². The largest absolute Gasteiger partial charge is 0.386 e. The average Bonchev–Trinajstić information content (AvgIpc) is 2.31. The van der Waals surface area contributed by atoms with Gasteiger partial charge in [0.05, 0.1) is 11.9 Å². The SMILES string of the molecule is OC(Cc1ccncc1)c1cnccn1. The van der Waals surface area contributed by atoms with Crippen molar-refractivity contribution in [3.8, 4) is 0 Å². The number of pyridine rings is 1. The van der Waals surface area contributed by atoms with E-state index in [1.54, 1.807) is 31.0 Å². The van der Waals surface area contributed by atoms with Gasteiger partial charge in [0.15, 0.2) is 0 Å². The second-order valence-electron chi connectivity index (χ2n) is 3.21. The van der Waals surface area contributed by atoms with Crippen molar-refractivity contribution in [1.82, 2.24) is 15.0 Å². The normalized spacial score (nSPS) is 12.3. The summed E-state index contributed by atoms with van der Waals surface area (Å²) in [6, 6.07) is 3.75. The molecule has 0 saturated heterocycles. The first-order chi connectivity index (χ1) is 7.36. The van der Waals surface area contributed by atoms with Gasteiger partial charge in [-0.2, -0.15) is 0 Å². The molecule has 0 aliphatic carbocycles. The van der Waals surface area contributed by atoms with Crippen molar-refractivity contribution < 1.29 is 5.11 Å². The fraction of sp³-hybridized carbons (Fsp3) is 0.182. The van der Waals surface area contributed by atoms with Crippen molar-refractivity contribution in [1.29, 1.82) is 0 Å². The fourth-order valence-corrected chi connectivity index (χ4v) is 1.33. The molecule has 4 heteroatoms. The lowest BCUT2D eigenvalue weighted by molar-refractivity contribution is 0.173. The summed E-state index contributed by atoms with van der Waals surface area (Å²) in [5.41, 5.74) is 1.62. The van der Waals surface area contributed by atoms with Gasteiger partial charge in [0, 0.05) is 31.2 Å². The van der Waals surface area contributed by atoms with E-state index in [2.05, 4.69) is 15.0 Å². The monoisotopic (exact) mass is 201 g/mol. The van der Waals surface area contributed by atoms with Crippen molar-refractivity contribution in [3.63, 3.8) is 0 Å². The molecule has 0 aliphatic heterocycles. The number of aromatic nitrogens is 3. The highest BCUT2D eigenvalue weighted by atomic mass is 16.3. The minimum absolute atomic E-state index is 0.529. The molecule has 1 N–H and O–H groups in total. The Balaban J connectivity index is 2.08. The van der Waals surface area contributed by atoms with Crippen molar-refractivity contribution in [2.75, 3.05) is 0 Å². The van der Waals surface area contributed by atoms with Crippen LogP contribution in [0.4, 0.5) is 0 Å². The third kappa shape index (κ3) is 2.57. The number of rotatable bonds is 3. The molecule has 2 rings (SSSR count). The van der Waals surface area contributed by atoms with E-state index in [0.29, 0.717) is 12.1 Å². The summed E-state index contributed by atoms with van der Waals surface area (Å²) in [5, 5.41) is 9.85. The maximum Gasteiger partial charge on any atom is 0.102 e. The summed E-state index contributed by atoms with van der Waals surface area (Å²) in [6.45, 7) is 0. The molecule has 0 aliphatic rings. The third-order valence-electron chi connectivity index (χ3n) is 2.10. The van der Waals surface area contributed by atoms with Crippen molar-refractivity contribution >= 4 is 0 Å². The predicted octanol–water partition coefficient (Wildman–Crippen LogP) is 1.15. The molecule has 2 heterocycles. The Morgan fingerprint density at radius 3 is 2.53 bits per heavy atom. The van der Waals surface area contributed by atoms with Gasteiger partial charge in [-0.15, -0.1) is 0 Å². The van der Waals surface area contributed by atoms with Crippen LogP contribution in [0.3, 0.4) is 0 Å². The highest BCUT2D eigenvalue weighted by Crippen LogP contribution is 2.14. The van der Waals surface area contributed by atoms with Gasteiger partial charge in [0.25, 0.3) is 0 Å². The summed E-state index contributed by atoms with van der Waals surface area (Å²) in [4.78, 5) is 11.9. The van der Waals surface area contributed by atoms with Crippen molar-refractivity contribution in [2.24, 2.45) is 0 Å². The Bertz CT molecular complexity index is 405. The summed E-state index contributed by atoms with van der Waals surface area (Å²) in [6.07, 6.45) is 8.07. The van der Waals surface area contributed by atoms with Crippen LogP contribution in [-0.2, 0) is 6.42 Å². The molecule has 76 valence electrons. The van der Waals surface area contributed by atoms with Gasteiger partial charge in [-0.3, -0.25) is 15.0 Å². The van der Waals surface area contributed by atoms with E-state index in [4.69, 9.17) is 0 Å². The van der Waals surface area contributed by atoms with Gasteiger partial charge in [-0.25, -0.2) is 0 Å². The molecule has 0 saturated carbocycles. The van der Waals surface area contributed by atoms with Crippen LogP contribution in [0.1, 0.15) is 17.4 Å². The van der Waals surface area contributed by atoms with E-state index >= 15 is 0 Å². The summed E-state index contributed by atoms with van der Waals surface area (Å²) < 4.78 is 0. The van der Waals surface area contributed by atoms with Crippen LogP contribution in [0, 0.1) is 0 Å². The van der Waals surface area contributed by atoms with Gasteiger partial charge in [0.1, 0.15) is 6.10 Å². The zero-order chi connectivity index (χ0) is 10.5. The van der Waals surface area contributed by atoms with E-state index in [1.807, 2.05) is 12.1 Å². The molecule has 0 fully saturated rings. The van der Waals surface area contributed by atoms with Crippen LogP contribution >= 0.6 is 0 Å². The lowest BCUT2D eigenvalue weighted by Crippen LogP contribution is -2.04. The highest BCUT2D eigenvalue weighted by molar-refractivity contribution is 5.13. The van der Waals surface area contributed by atoms with Crippen LogP contribution in [0.5, 0.6) is 0 Å². The first kappa shape index (κ1) is 9.73. The summed E-state index contributed by atoms with van der Waals surface area (Å²) in [7, 11) is 0. The maximum atomic E-state index is 9.85.